The van der Waals surface area contributed by atoms with Crippen LogP contribution < -0.4 is 9.64 Å². The van der Waals surface area contributed by atoms with Gasteiger partial charge in [-0.3, -0.25) is 14.4 Å². The molecule has 3 amide bonds. The summed E-state index contributed by atoms with van der Waals surface area (Å²) in [5, 5.41) is 0.512. The van der Waals surface area contributed by atoms with Crippen LogP contribution in [0.5, 0.6) is 5.75 Å². The van der Waals surface area contributed by atoms with E-state index in [1.165, 1.54) is 0 Å². The van der Waals surface area contributed by atoms with Crippen LogP contribution in [-0.2, 0) is 14.4 Å². The first-order chi connectivity index (χ1) is 15.4. The average Bonchev–Trinajstić information content (AvgIpc) is 3.20. The van der Waals surface area contributed by atoms with Crippen molar-refractivity contribution in [2.45, 2.75) is 39.0 Å². The zero-order chi connectivity index (χ0) is 22.8. The minimum atomic E-state index is -0.387. The van der Waals surface area contributed by atoms with Crippen LogP contribution in [0.15, 0.2) is 18.2 Å². The number of hydrogen-bond acceptors (Lipinski definition) is 4. The molecule has 3 fully saturated rings. The fourth-order valence-corrected chi connectivity index (χ4v) is 5.24. The number of rotatable bonds is 4. The van der Waals surface area contributed by atoms with E-state index in [1.807, 2.05) is 9.80 Å². The van der Waals surface area contributed by atoms with E-state index in [9.17, 15) is 14.4 Å². The summed E-state index contributed by atoms with van der Waals surface area (Å²) >= 11 is 6.12. The van der Waals surface area contributed by atoms with Crippen molar-refractivity contribution in [2.75, 3.05) is 44.7 Å². The quantitative estimate of drug-likeness (QED) is 0.690. The lowest BCUT2D eigenvalue weighted by molar-refractivity contribution is -0.143. The molecule has 3 aliphatic rings. The Labute approximate surface area is 194 Å². The Morgan fingerprint density at radius 3 is 2.19 bits per heavy atom. The van der Waals surface area contributed by atoms with E-state index in [-0.39, 0.29) is 36.0 Å². The summed E-state index contributed by atoms with van der Waals surface area (Å²) in [7, 11) is 1.55. The molecule has 0 spiro atoms. The molecular weight excluding hydrogens is 430 g/mol. The van der Waals surface area contributed by atoms with Gasteiger partial charge in [0.05, 0.1) is 18.7 Å². The molecule has 1 aromatic rings. The maximum absolute atomic E-state index is 13.2. The molecule has 32 heavy (non-hydrogen) atoms. The maximum atomic E-state index is 13.2. The first-order valence-corrected chi connectivity index (χ1v) is 12.0. The van der Waals surface area contributed by atoms with E-state index < -0.39 is 0 Å². The summed E-state index contributed by atoms with van der Waals surface area (Å²) in [5.74, 6) is 1.01. The van der Waals surface area contributed by atoms with Gasteiger partial charge in [-0.15, -0.1) is 0 Å². The van der Waals surface area contributed by atoms with Gasteiger partial charge in [-0.2, -0.15) is 0 Å². The summed E-state index contributed by atoms with van der Waals surface area (Å²) in [6.45, 7) is 5.41. The SMILES string of the molecule is COc1ccc(Cl)cc1N1CC(C(=O)N2CCC(C(=O)N3CCC(C)CC3)CC2)CC1=O. The summed E-state index contributed by atoms with van der Waals surface area (Å²) < 4.78 is 5.38. The predicted octanol–water partition coefficient (Wildman–Crippen LogP) is 3.20. The molecule has 0 bridgehead atoms. The fourth-order valence-electron chi connectivity index (χ4n) is 5.07. The molecule has 0 N–H and O–H groups in total. The first kappa shape index (κ1) is 22.9. The molecule has 3 saturated heterocycles. The van der Waals surface area contributed by atoms with Crippen molar-refractivity contribution < 1.29 is 19.1 Å². The van der Waals surface area contributed by atoms with Gasteiger partial charge in [0.15, 0.2) is 0 Å². The Kier molecular flexibility index (Phi) is 6.93. The van der Waals surface area contributed by atoms with Gasteiger partial charge in [-0.1, -0.05) is 18.5 Å². The second-order valence-corrected chi connectivity index (χ2v) is 9.77. The lowest BCUT2D eigenvalue weighted by atomic mass is 9.92. The van der Waals surface area contributed by atoms with Crippen LogP contribution in [0.1, 0.15) is 39.0 Å². The van der Waals surface area contributed by atoms with Gasteiger partial charge >= 0.3 is 0 Å². The van der Waals surface area contributed by atoms with Crippen molar-refractivity contribution in [1.82, 2.24) is 9.80 Å². The predicted molar refractivity (Wildman–Crippen MR) is 123 cm³/mol. The van der Waals surface area contributed by atoms with E-state index in [0.29, 0.717) is 54.9 Å². The largest absolute Gasteiger partial charge is 0.495 e. The molecule has 1 unspecified atom stereocenters. The summed E-state index contributed by atoms with van der Waals surface area (Å²) in [5.41, 5.74) is 0.598. The van der Waals surface area contributed by atoms with Crippen LogP contribution in [-0.4, -0.2) is 67.4 Å². The van der Waals surface area contributed by atoms with Crippen LogP contribution in [0.3, 0.4) is 0 Å². The van der Waals surface area contributed by atoms with Crippen LogP contribution in [0.25, 0.3) is 0 Å². The van der Waals surface area contributed by atoms with Gasteiger partial charge < -0.3 is 19.4 Å². The van der Waals surface area contributed by atoms with Crippen LogP contribution in [0.2, 0.25) is 5.02 Å². The standard InChI is InChI=1S/C24H32ClN3O4/c1-16-5-9-26(10-6-16)23(30)17-7-11-27(12-8-17)24(31)18-13-22(29)28(15-18)20-14-19(25)3-4-21(20)32-2/h3-4,14,16-18H,5-13,15H2,1-2H3. The summed E-state index contributed by atoms with van der Waals surface area (Å²) in [6, 6.07) is 5.14. The minimum Gasteiger partial charge on any atom is -0.495 e. The number of benzene rings is 1. The van der Waals surface area contributed by atoms with Gasteiger partial charge in [0.2, 0.25) is 17.7 Å². The molecule has 0 aromatic heterocycles. The van der Waals surface area contributed by atoms with Crippen molar-refractivity contribution in [1.29, 1.82) is 0 Å². The number of carbonyl (C=O) groups is 3. The number of anilines is 1. The number of methoxy groups -OCH3 is 1. The lowest BCUT2D eigenvalue weighted by Crippen LogP contribution is -2.47. The van der Waals surface area contributed by atoms with E-state index in [4.69, 9.17) is 16.3 Å². The molecule has 7 nitrogen and oxygen atoms in total. The normalized spacial score (nSPS) is 23.0. The lowest BCUT2D eigenvalue weighted by Gasteiger charge is -2.37. The Hall–Kier alpha value is -2.28. The topological polar surface area (TPSA) is 70.2 Å². The van der Waals surface area contributed by atoms with Gasteiger partial charge in [-0.25, -0.2) is 0 Å². The average molecular weight is 462 g/mol. The highest BCUT2D eigenvalue weighted by Gasteiger charge is 2.40. The zero-order valence-electron chi connectivity index (χ0n) is 18.9. The highest BCUT2D eigenvalue weighted by molar-refractivity contribution is 6.31. The summed E-state index contributed by atoms with van der Waals surface area (Å²) in [6.07, 6.45) is 3.73. The number of halogens is 1. The molecule has 0 aliphatic carbocycles. The minimum absolute atomic E-state index is 0.000425. The third kappa shape index (κ3) is 4.72. The molecule has 1 atom stereocenters. The van der Waals surface area contributed by atoms with Crippen LogP contribution in [0, 0.1) is 17.8 Å². The summed E-state index contributed by atoms with van der Waals surface area (Å²) in [4.78, 5) is 44.2. The molecule has 0 saturated carbocycles. The maximum Gasteiger partial charge on any atom is 0.228 e. The van der Waals surface area contributed by atoms with Crippen molar-refractivity contribution in [2.24, 2.45) is 17.8 Å². The number of amides is 3. The van der Waals surface area contributed by atoms with Gasteiger partial charge in [0, 0.05) is 50.1 Å². The van der Waals surface area contributed by atoms with Gasteiger partial charge in [0.25, 0.3) is 0 Å². The number of likely N-dealkylation sites (tertiary alicyclic amines) is 2. The molecule has 174 valence electrons. The second-order valence-electron chi connectivity index (χ2n) is 9.33. The molecule has 3 aliphatic heterocycles. The highest BCUT2D eigenvalue weighted by Crippen LogP contribution is 2.36. The van der Waals surface area contributed by atoms with Crippen LogP contribution >= 0.6 is 11.6 Å². The van der Waals surface area contributed by atoms with Crippen molar-refractivity contribution in [3.05, 3.63) is 23.2 Å². The number of carbonyl (C=O) groups excluding carboxylic acids is 3. The number of nitrogens with zero attached hydrogens (tertiary/aromatic N) is 3. The zero-order valence-corrected chi connectivity index (χ0v) is 19.6. The molecule has 3 heterocycles. The molecule has 0 radical (unpaired) electrons. The van der Waals surface area contributed by atoms with Gasteiger partial charge in [-0.05, 0) is 49.8 Å². The van der Waals surface area contributed by atoms with E-state index in [2.05, 4.69) is 6.92 Å². The van der Waals surface area contributed by atoms with Crippen LogP contribution in [0.4, 0.5) is 5.69 Å². The third-order valence-electron chi connectivity index (χ3n) is 7.16. The molecule has 1 aromatic carbocycles. The molecular formula is C24H32ClN3O4. The van der Waals surface area contributed by atoms with Crippen molar-refractivity contribution in [3.8, 4) is 5.75 Å². The third-order valence-corrected chi connectivity index (χ3v) is 7.39. The monoisotopic (exact) mass is 461 g/mol. The van der Waals surface area contributed by atoms with E-state index in [1.54, 1.807) is 30.2 Å². The van der Waals surface area contributed by atoms with E-state index >= 15 is 0 Å². The Balaban J connectivity index is 1.33. The second kappa shape index (κ2) is 9.69. The number of piperidine rings is 2. The number of hydrogen-bond donors (Lipinski definition) is 0. The van der Waals surface area contributed by atoms with Crippen molar-refractivity contribution >= 4 is 35.0 Å². The Morgan fingerprint density at radius 1 is 0.969 bits per heavy atom. The first-order valence-electron chi connectivity index (χ1n) is 11.6. The fraction of sp³-hybridized carbons (Fsp3) is 0.625. The Morgan fingerprint density at radius 2 is 1.56 bits per heavy atom. The smallest absolute Gasteiger partial charge is 0.228 e. The Bertz CT molecular complexity index is 876. The highest BCUT2D eigenvalue weighted by atomic mass is 35.5. The number of ether oxygens (including phenoxy) is 1. The van der Waals surface area contributed by atoms with Gasteiger partial charge in [0.1, 0.15) is 5.75 Å². The van der Waals surface area contributed by atoms with Crippen molar-refractivity contribution in [3.63, 3.8) is 0 Å². The molecule has 8 heteroatoms. The molecule has 4 rings (SSSR count). The van der Waals surface area contributed by atoms with E-state index in [0.717, 1.165) is 25.9 Å².